The molecule has 0 aliphatic carbocycles. The Labute approximate surface area is 191 Å². The lowest BCUT2D eigenvalue weighted by Crippen LogP contribution is -2.45. The van der Waals surface area contributed by atoms with Crippen LogP contribution in [0.3, 0.4) is 0 Å². The van der Waals surface area contributed by atoms with Crippen molar-refractivity contribution in [3.8, 4) is 22.8 Å². The second-order valence-corrected chi connectivity index (χ2v) is 8.40. The lowest BCUT2D eigenvalue weighted by atomic mass is 10.2. The van der Waals surface area contributed by atoms with E-state index in [1.165, 1.54) is 0 Å². The van der Waals surface area contributed by atoms with E-state index in [-0.39, 0.29) is 0 Å². The van der Waals surface area contributed by atoms with Crippen LogP contribution in [0.4, 0.5) is 0 Å². The summed E-state index contributed by atoms with van der Waals surface area (Å²) in [4.78, 5) is 14.0. The molecule has 4 aromatic rings. The van der Waals surface area contributed by atoms with E-state index in [0.717, 1.165) is 55.3 Å². The van der Waals surface area contributed by atoms with Gasteiger partial charge in [-0.3, -0.25) is 9.80 Å². The number of nitrogens with zero attached hydrogens (tertiary/aromatic N) is 5. The molecule has 1 fully saturated rings. The largest absolute Gasteiger partial charge is 0.441 e. The summed E-state index contributed by atoms with van der Waals surface area (Å²) >= 11 is 5.95. The average Bonchev–Trinajstić information content (AvgIpc) is 3.43. The molecule has 2 aromatic heterocycles. The molecule has 0 bridgehead atoms. The van der Waals surface area contributed by atoms with Crippen LogP contribution in [-0.4, -0.2) is 51.1 Å². The van der Waals surface area contributed by atoms with Crippen molar-refractivity contribution in [2.45, 2.75) is 20.0 Å². The third-order valence-corrected chi connectivity index (χ3v) is 5.93. The van der Waals surface area contributed by atoms with E-state index < -0.39 is 0 Å². The molecule has 1 saturated heterocycles. The summed E-state index contributed by atoms with van der Waals surface area (Å²) in [6.07, 6.45) is 0. The zero-order valence-electron chi connectivity index (χ0n) is 17.9. The fourth-order valence-corrected chi connectivity index (χ4v) is 3.95. The molecule has 0 unspecified atom stereocenters. The zero-order valence-corrected chi connectivity index (χ0v) is 18.6. The molecule has 1 aliphatic rings. The fourth-order valence-electron chi connectivity index (χ4n) is 3.82. The lowest BCUT2D eigenvalue weighted by Gasteiger charge is -2.33. The van der Waals surface area contributed by atoms with Crippen molar-refractivity contribution in [3.05, 3.63) is 77.0 Å². The molecule has 7 nitrogen and oxygen atoms in total. The van der Waals surface area contributed by atoms with Crippen LogP contribution in [0.25, 0.3) is 22.8 Å². The van der Waals surface area contributed by atoms with E-state index in [2.05, 4.69) is 19.9 Å². The Balaban J connectivity index is 1.15. The Hall–Kier alpha value is -3.00. The van der Waals surface area contributed by atoms with E-state index in [0.29, 0.717) is 29.2 Å². The van der Waals surface area contributed by atoms with Crippen molar-refractivity contribution in [3.63, 3.8) is 0 Å². The summed E-state index contributed by atoms with van der Waals surface area (Å²) in [6, 6.07) is 17.5. The van der Waals surface area contributed by atoms with Gasteiger partial charge in [0, 0.05) is 48.9 Å². The molecule has 0 amide bonds. The molecule has 2 aromatic carbocycles. The van der Waals surface area contributed by atoms with Gasteiger partial charge in [-0.25, -0.2) is 4.98 Å². The normalized spacial score (nSPS) is 15.3. The summed E-state index contributed by atoms with van der Waals surface area (Å²) in [6.45, 7) is 7.18. The van der Waals surface area contributed by atoms with Gasteiger partial charge in [0.25, 0.3) is 0 Å². The molecule has 8 heteroatoms. The van der Waals surface area contributed by atoms with Gasteiger partial charge in [0.1, 0.15) is 5.76 Å². The summed E-state index contributed by atoms with van der Waals surface area (Å²) in [5.74, 6) is 2.78. The number of hydrogen-bond donors (Lipinski definition) is 0. The lowest BCUT2D eigenvalue weighted by molar-refractivity contribution is 0.111. The van der Waals surface area contributed by atoms with E-state index in [9.17, 15) is 0 Å². The van der Waals surface area contributed by atoms with Gasteiger partial charge < -0.3 is 8.94 Å². The predicted octanol–water partition coefficient (Wildman–Crippen LogP) is 4.67. The minimum absolute atomic E-state index is 0.589. The van der Waals surface area contributed by atoms with Crippen LogP contribution in [0, 0.1) is 6.92 Å². The minimum Gasteiger partial charge on any atom is -0.441 e. The monoisotopic (exact) mass is 449 g/mol. The summed E-state index contributed by atoms with van der Waals surface area (Å²) in [7, 11) is 0. The van der Waals surface area contributed by atoms with Gasteiger partial charge in [0.05, 0.1) is 12.2 Å². The average molecular weight is 450 g/mol. The maximum atomic E-state index is 5.95. The minimum atomic E-state index is 0.589. The highest BCUT2D eigenvalue weighted by Gasteiger charge is 2.22. The molecule has 0 atom stereocenters. The quantitative estimate of drug-likeness (QED) is 0.423. The highest BCUT2D eigenvalue weighted by molar-refractivity contribution is 6.30. The second kappa shape index (κ2) is 9.24. The number of oxazole rings is 1. The topological polar surface area (TPSA) is 71.4 Å². The van der Waals surface area contributed by atoms with Crippen LogP contribution in [-0.2, 0) is 13.1 Å². The first-order valence-electron chi connectivity index (χ1n) is 10.7. The summed E-state index contributed by atoms with van der Waals surface area (Å²) in [5.41, 5.74) is 2.90. The van der Waals surface area contributed by atoms with Crippen molar-refractivity contribution >= 4 is 11.6 Å². The van der Waals surface area contributed by atoms with Gasteiger partial charge in [-0.15, -0.1) is 0 Å². The third kappa shape index (κ3) is 4.75. The van der Waals surface area contributed by atoms with E-state index >= 15 is 0 Å². The number of piperazine rings is 1. The number of hydrogen-bond acceptors (Lipinski definition) is 7. The first-order chi connectivity index (χ1) is 15.6. The van der Waals surface area contributed by atoms with Crippen LogP contribution in [0.2, 0.25) is 5.02 Å². The molecule has 3 heterocycles. The van der Waals surface area contributed by atoms with Crippen molar-refractivity contribution < 1.29 is 8.94 Å². The van der Waals surface area contributed by atoms with Gasteiger partial charge in [0.2, 0.25) is 17.6 Å². The van der Waals surface area contributed by atoms with Crippen LogP contribution < -0.4 is 0 Å². The van der Waals surface area contributed by atoms with Crippen molar-refractivity contribution in [2.24, 2.45) is 0 Å². The smallest absolute Gasteiger partial charge is 0.241 e. The van der Waals surface area contributed by atoms with Crippen LogP contribution in [0.15, 0.2) is 63.5 Å². The van der Waals surface area contributed by atoms with Gasteiger partial charge in [-0.05, 0) is 43.3 Å². The van der Waals surface area contributed by atoms with Crippen molar-refractivity contribution in [2.75, 3.05) is 26.2 Å². The second-order valence-electron chi connectivity index (χ2n) is 7.96. The Kier molecular flexibility index (Phi) is 6.03. The number of rotatable bonds is 6. The molecule has 0 spiro atoms. The highest BCUT2D eigenvalue weighted by atomic mass is 35.5. The van der Waals surface area contributed by atoms with Crippen LogP contribution in [0.1, 0.15) is 17.3 Å². The van der Waals surface area contributed by atoms with E-state index in [1.807, 2.05) is 61.5 Å². The Morgan fingerprint density at radius 2 is 1.53 bits per heavy atom. The van der Waals surface area contributed by atoms with Crippen molar-refractivity contribution in [1.29, 1.82) is 0 Å². The Morgan fingerprint density at radius 3 is 2.25 bits per heavy atom. The Morgan fingerprint density at radius 1 is 0.844 bits per heavy atom. The van der Waals surface area contributed by atoms with Gasteiger partial charge in [-0.2, -0.15) is 4.98 Å². The van der Waals surface area contributed by atoms with Crippen LogP contribution in [0.5, 0.6) is 0 Å². The van der Waals surface area contributed by atoms with Gasteiger partial charge in [0.15, 0.2) is 0 Å². The molecule has 1 aliphatic heterocycles. The SMILES string of the molecule is Cc1oc(-c2ccccc2)nc1CN1CCN(Cc2nc(-c3ccc(Cl)cc3)no2)CC1. The molecule has 0 N–H and O–H groups in total. The number of halogens is 1. The van der Waals surface area contributed by atoms with E-state index in [4.69, 9.17) is 25.5 Å². The maximum absolute atomic E-state index is 5.95. The standard InChI is InChI=1S/C24H24ClN5O2/c1-17-21(26-24(31-17)19-5-3-2-4-6-19)15-29-11-13-30(14-12-29)16-22-27-23(28-32-22)18-7-9-20(25)10-8-18/h2-10H,11-16H2,1H3. The first kappa shape index (κ1) is 20.9. The zero-order chi connectivity index (χ0) is 21.9. The molecule has 0 saturated carbocycles. The number of benzene rings is 2. The molecule has 32 heavy (non-hydrogen) atoms. The van der Waals surface area contributed by atoms with Gasteiger partial charge in [-0.1, -0.05) is 35.0 Å². The number of aromatic nitrogens is 3. The van der Waals surface area contributed by atoms with Crippen LogP contribution >= 0.6 is 11.6 Å². The van der Waals surface area contributed by atoms with Gasteiger partial charge >= 0.3 is 0 Å². The van der Waals surface area contributed by atoms with Crippen molar-refractivity contribution in [1.82, 2.24) is 24.9 Å². The first-order valence-corrected chi connectivity index (χ1v) is 11.1. The Bertz CT molecular complexity index is 1160. The van der Waals surface area contributed by atoms with E-state index in [1.54, 1.807) is 0 Å². The maximum Gasteiger partial charge on any atom is 0.241 e. The summed E-state index contributed by atoms with van der Waals surface area (Å²) in [5, 5.41) is 4.79. The molecular weight excluding hydrogens is 426 g/mol. The third-order valence-electron chi connectivity index (χ3n) is 5.68. The summed E-state index contributed by atoms with van der Waals surface area (Å²) < 4.78 is 11.4. The number of aryl methyl sites for hydroxylation is 1. The fraction of sp³-hybridized carbons (Fsp3) is 0.292. The predicted molar refractivity (Wildman–Crippen MR) is 122 cm³/mol. The molecule has 5 rings (SSSR count). The molecule has 164 valence electrons. The highest BCUT2D eigenvalue weighted by Crippen LogP contribution is 2.23. The molecule has 0 radical (unpaired) electrons. The molecular formula is C24H24ClN5O2.